The third-order valence-corrected chi connectivity index (χ3v) is 4.74. The molecule has 4 nitrogen and oxygen atoms in total. The molecule has 0 radical (unpaired) electrons. The molecule has 19 heavy (non-hydrogen) atoms. The molecule has 2 fully saturated rings. The van der Waals surface area contributed by atoms with E-state index in [0.717, 1.165) is 22.6 Å². The molecule has 0 bridgehead atoms. The van der Waals surface area contributed by atoms with Crippen molar-refractivity contribution in [3.63, 3.8) is 0 Å². The Bertz CT molecular complexity index is 499. The molecular formula is C14H18N2O2S. The highest BCUT2D eigenvalue weighted by Crippen LogP contribution is 2.31. The standard InChI is InChI=1S/C14H18N2O2S/c1-10-2-5-12(19-10)14(18)16-8-6-15(7-9-16)13(17)11-3-4-11/h2,5,11H,3-4,6-9H2,1H3. The van der Waals surface area contributed by atoms with Crippen molar-refractivity contribution in [3.05, 3.63) is 21.9 Å². The van der Waals surface area contributed by atoms with Crippen LogP contribution in [-0.2, 0) is 4.79 Å². The van der Waals surface area contributed by atoms with E-state index in [1.54, 1.807) is 0 Å². The first-order valence-corrected chi connectivity index (χ1v) is 7.61. The summed E-state index contributed by atoms with van der Waals surface area (Å²) in [6, 6.07) is 3.87. The summed E-state index contributed by atoms with van der Waals surface area (Å²) < 4.78 is 0. The van der Waals surface area contributed by atoms with E-state index >= 15 is 0 Å². The summed E-state index contributed by atoms with van der Waals surface area (Å²) in [5.74, 6) is 0.679. The molecule has 2 aliphatic rings. The number of amides is 2. The van der Waals surface area contributed by atoms with E-state index < -0.39 is 0 Å². The Kier molecular flexibility index (Phi) is 3.31. The molecule has 0 unspecified atom stereocenters. The number of piperazine rings is 1. The van der Waals surface area contributed by atoms with Crippen molar-refractivity contribution in [2.24, 2.45) is 5.92 Å². The largest absolute Gasteiger partial charge is 0.339 e. The zero-order valence-corrected chi connectivity index (χ0v) is 11.9. The van der Waals surface area contributed by atoms with Crippen molar-refractivity contribution in [1.29, 1.82) is 0 Å². The molecule has 102 valence electrons. The van der Waals surface area contributed by atoms with Gasteiger partial charge in [-0.05, 0) is 31.9 Å². The zero-order valence-electron chi connectivity index (χ0n) is 11.1. The van der Waals surface area contributed by atoms with Crippen molar-refractivity contribution in [1.82, 2.24) is 9.80 Å². The number of thiophene rings is 1. The maximum absolute atomic E-state index is 12.3. The molecule has 1 aromatic rings. The SMILES string of the molecule is Cc1ccc(C(=O)N2CCN(C(=O)C3CC3)CC2)s1. The van der Waals surface area contributed by atoms with Crippen LogP contribution in [0.25, 0.3) is 0 Å². The Balaban J connectivity index is 1.57. The second kappa shape index (κ2) is 4.96. The quantitative estimate of drug-likeness (QED) is 0.827. The Hall–Kier alpha value is -1.36. The third-order valence-electron chi connectivity index (χ3n) is 3.76. The van der Waals surface area contributed by atoms with Gasteiger partial charge in [-0.25, -0.2) is 0 Å². The number of rotatable bonds is 2. The smallest absolute Gasteiger partial charge is 0.264 e. The summed E-state index contributed by atoms with van der Waals surface area (Å²) in [5.41, 5.74) is 0. The predicted octanol–water partition coefficient (Wildman–Crippen LogP) is 1.75. The van der Waals surface area contributed by atoms with Gasteiger partial charge in [-0.3, -0.25) is 9.59 Å². The summed E-state index contributed by atoms with van der Waals surface area (Å²) in [7, 11) is 0. The molecule has 0 atom stereocenters. The molecule has 5 heteroatoms. The Morgan fingerprint density at radius 2 is 1.74 bits per heavy atom. The van der Waals surface area contributed by atoms with Crippen LogP contribution in [-0.4, -0.2) is 47.8 Å². The van der Waals surface area contributed by atoms with Gasteiger partial charge < -0.3 is 9.80 Å². The molecule has 1 aliphatic heterocycles. The molecule has 0 spiro atoms. The van der Waals surface area contributed by atoms with E-state index in [4.69, 9.17) is 0 Å². The second-order valence-electron chi connectivity index (χ2n) is 5.30. The highest BCUT2D eigenvalue weighted by atomic mass is 32.1. The minimum absolute atomic E-state index is 0.108. The average molecular weight is 278 g/mol. The Morgan fingerprint density at radius 3 is 2.26 bits per heavy atom. The average Bonchev–Trinajstić information content (AvgIpc) is 3.19. The molecule has 0 aromatic carbocycles. The van der Waals surface area contributed by atoms with Gasteiger partial charge in [0, 0.05) is 37.0 Å². The Morgan fingerprint density at radius 1 is 1.11 bits per heavy atom. The van der Waals surface area contributed by atoms with Crippen LogP contribution in [0.5, 0.6) is 0 Å². The lowest BCUT2D eigenvalue weighted by atomic mass is 10.2. The lowest BCUT2D eigenvalue weighted by Crippen LogP contribution is -2.50. The lowest BCUT2D eigenvalue weighted by molar-refractivity contribution is -0.134. The van der Waals surface area contributed by atoms with Crippen LogP contribution in [0.4, 0.5) is 0 Å². The van der Waals surface area contributed by atoms with Crippen molar-refractivity contribution in [3.8, 4) is 0 Å². The van der Waals surface area contributed by atoms with E-state index in [9.17, 15) is 9.59 Å². The van der Waals surface area contributed by atoms with Crippen LogP contribution >= 0.6 is 11.3 Å². The summed E-state index contributed by atoms with van der Waals surface area (Å²) in [6.45, 7) is 4.70. The van der Waals surface area contributed by atoms with Gasteiger partial charge in [0.25, 0.3) is 5.91 Å². The minimum Gasteiger partial charge on any atom is -0.339 e. The number of aryl methyl sites for hydroxylation is 1. The molecule has 2 heterocycles. The van der Waals surface area contributed by atoms with Crippen LogP contribution in [0.3, 0.4) is 0 Å². The fourth-order valence-electron chi connectivity index (χ4n) is 2.42. The molecule has 1 aliphatic carbocycles. The number of hydrogen-bond donors (Lipinski definition) is 0. The van der Waals surface area contributed by atoms with E-state index in [1.807, 2.05) is 28.9 Å². The van der Waals surface area contributed by atoms with Gasteiger partial charge in [-0.2, -0.15) is 0 Å². The fraction of sp³-hybridized carbons (Fsp3) is 0.571. The van der Waals surface area contributed by atoms with Gasteiger partial charge in [0.05, 0.1) is 4.88 Å². The van der Waals surface area contributed by atoms with Crippen LogP contribution in [0.1, 0.15) is 27.4 Å². The van der Waals surface area contributed by atoms with Crippen LogP contribution in [0, 0.1) is 12.8 Å². The monoisotopic (exact) mass is 278 g/mol. The van der Waals surface area contributed by atoms with Gasteiger partial charge in [-0.15, -0.1) is 11.3 Å². The lowest BCUT2D eigenvalue weighted by Gasteiger charge is -2.34. The number of carbonyl (C=O) groups excluding carboxylic acids is 2. The first-order valence-electron chi connectivity index (χ1n) is 6.79. The van der Waals surface area contributed by atoms with Crippen LogP contribution in [0.2, 0.25) is 0 Å². The normalized spacial score (nSPS) is 19.6. The molecule has 2 amide bonds. The first-order chi connectivity index (χ1) is 9.15. The number of hydrogen-bond acceptors (Lipinski definition) is 3. The molecule has 1 saturated carbocycles. The molecule has 1 saturated heterocycles. The highest BCUT2D eigenvalue weighted by Gasteiger charge is 2.35. The first kappa shape index (κ1) is 12.7. The van der Waals surface area contributed by atoms with Gasteiger partial charge >= 0.3 is 0 Å². The summed E-state index contributed by atoms with van der Waals surface area (Å²) in [4.78, 5) is 29.9. The molecule has 1 aromatic heterocycles. The fourth-order valence-corrected chi connectivity index (χ4v) is 3.26. The Labute approximate surface area is 117 Å². The zero-order chi connectivity index (χ0) is 13.4. The van der Waals surface area contributed by atoms with Crippen molar-refractivity contribution in [2.75, 3.05) is 26.2 Å². The number of nitrogens with zero attached hydrogens (tertiary/aromatic N) is 2. The van der Waals surface area contributed by atoms with Gasteiger partial charge in [-0.1, -0.05) is 0 Å². The van der Waals surface area contributed by atoms with Crippen molar-refractivity contribution in [2.45, 2.75) is 19.8 Å². The van der Waals surface area contributed by atoms with E-state index in [-0.39, 0.29) is 11.8 Å². The molecular weight excluding hydrogens is 260 g/mol. The maximum atomic E-state index is 12.3. The van der Waals surface area contributed by atoms with Crippen LogP contribution in [0.15, 0.2) is 12.1 Å². The predicted molar refractivity (Wildman–Crippen MR) is 74.3 cm³/mol. The van der Waals surface area contributed by atoms with Gasteiger partial charge in [0.15, 0.2) is 0 Å². The van der Waals surface area contributed by atoms with Crippen molar-refractivity contribution < 1.29 is 9.59 Å². The molecule has 0 N–H and O–H groups in total. The van der Waals surface area contributed by atoms with E-state index in [2.05, 4.69) is 0 Å². The topological polar surface area (TPSA) is 40.6 Å². The molecule has 3 rings (SSSR count). The third kappa shape index (κ3) is 2.66. The minimum atomic E-state index is 0.108. The maximum Gasteiger partial charge on any atom is 0.264 e. The van der Waals surface area contributed by atoms with E-state index in [1.165, 1.54) is 11.3 Å². The summed E-state index contributed by atoms with van der Waals surface area (Å²) in [5, 5.41) is 0. The summed E-state index contributed by atoms with van der Waals surface area (Å²) >= 11 is 1.54. The van der Waals surface area contributed by atoms with E-state index in [0.29, 0.717) is 32.1 Å². The van der Waals surface area contributed by atoms with Crippen molar-refractivity contribution >= 4 is 23.2 Å². The second-order valence-corrected chi connectivity index (χ2v) is 6.59. The van der Waals surface area contributed by atoms with Gasteiger partial charge in [0.2, 0.25) is 5.91 Å². The number of carbonyl (C=O) groups is 2. The van der Waals surface area contributed by atoms with Crippen LogP contribution < -0.4 is 0 Å². The highest BCUT2D eigenvalue weighted by molar-refractivity contribution is 7.13. The summed E-state index contributed by atoms with van der Waals surface area (Å²) in [6.07, 6.45) is 2.10. The van der Waals surface area contributed by atoms with Gasteiger partial charge in [0.1, 0.15) is 0 Å².